The van der Waals surface area contributed by atoms with E-state index in [9.17, 15) is 13.2 Å². The second-order valence-electron chi connectivity index (χ2n) is 7.09. The van der Waals surface area contributed by atoms with Crippen molar-refractivity contribution in [3.05, 3.63) is 59.2 Å². The smallest absolute Gasteiger partial charge is 0.341 e. The second kappa shape index (κ2) is 11.4. The summed E-state index contributed by atoms with van der Waals surface area (Å²) in [4.78, 5) is 11.6. The molecule has 0 radical (unpaired) electrons. The molecule has 0 saturated heterocycles. The molecule has 30 heavy (non-hydrogen) atoms. The van der Waals surface area contributed by atoms with Crippen LogP contribution in [0.5, 0.6) is 5.75 Å². The SMILES string of the molecule is CCCC(c1ccc(C)cc1)S(=O)(=O)NCCSc1ccc(OCC(=O)O)c(C)c1. The number of aliphatic carboxylic acids is 1. The minimum Gasteiger partial charge on any atom is -0.482 e. The molecule has 2 aromatic rings. The van der Waals surface area contributed by atoms with Crippen LogP contribution in [0.25, 0.3) is 0 Å². The van der Waals surface area contributed by atoms with Crippen molar-refractivity contribution in [2.45, 2.75) is 43.8 Å². The molecular weight excluding hydrogens is 422 g/mol. The Bertz CT molecular complexity index is 943. The topological polar surface area (TPSA) is 92.7 Å². The van der Waals surface area contributed by atoms with E-state index in [1.54, 1.807) is 6.07 Å². The van der Waals surface area contributed by atoms with Gasteiger partial charge in [0.25, 0.3) is 0 Å². The molecule has 0 spiro atoms. The number of aryl methyl sites for hydroxylation is 2. The zero-order valence-electron chi connectivity index (χ0n) is 17.6. The predicted octanol–water partition coefficient (Wildman–Crippen LogP) is 4.32. The van der Waals surface area contributed by atoms with Gasteiger partial charge in [-0.25, -0.2) is 17.9 Å². The predicted molar refractivity (Wildman–Crippen MR) is 121 cm³/mol. The summed E-state index contributed by atoms with van der Waals surface area (Å²) in [5, 5.41) is 8.15. The van der Waals surface area contributed by atoms with Gasteiger partial charge in [-0.3, -0.25) is 0 Å². The third-order valence-corrected chi connectivity index (χ3v) is 7.41. The van der Waals surface area contributed by atoms with Crippen LogP contribution < -0.4 is 9.46 Å². The summed E-state index contributed by atoms with van der Waals surface area (Å²) in [5.74, 6) is 0.0934. The number of hydrogen-bond donors (Lipinski definition) is 2. The van der Waals surface area contributed by atoms with E-state index < -0.39 is 21.2 Å². The van der Waals surface area contributed by atoms with E-state index in [1.807, 2.05) is 57.2 Å². The Morgan fingerprint density at radius 3 is 2.47 bits per heavy atom. The number of rotatable bonds is 12. The van der Waals surface area contributed by atoms with Crippen LogP contribution in [-0.4, -0.2) is 38.4 Å². The van der Waals surface area contributed by atoms with E-state index in [2.05, 4.69) is 4.72 Å². The Morgan fingerprint density at radius 2 is 1.87 bits per heavy atom. The third kappa shape index (κ3) is 7.34. The first kappa shape index (κ1) is 24.2. The average molecular weight is 452 g/mol. The number of hydrogen-bond acceptors (Lipinski definition) is 5. The number of carbonyl (C=O) groups is 1. The molecule has 8 heteroatoms. The number of benzene rings is 2. The van der Waals surface area contributed by atoms with Crippen LogP contribution in [0.2, 0.25) is 0 Å². The molecule has 2 rings (SSSR count). The van der Waals surface area contributed by atoms with E-state index in [4.69, 9.17) is 9.84 Å². The summed E-state index contributed by atoms with van der Waals surface area (Å²) in [5.41, 5.74) is 2.75. The molecule has 1 atom stereocenters. The molecule has 0 aromatic heterocycles. The largest absolute Gasteiger partial charge is 0.482 e. The highest BCUT2D eigenvalue weighted by molar-refractivity contribution is 7.99. The standard InChI is InChI=1S/C22H29NO5S2/c1-4-5-21(18-8-6-16(2)7-9-18)30(26,27)23-12-13-29-19-10-11-20(17(3)14-19)28-15-22(24)25/h6-11,14,21,23H,4-5,12-13,15H2,1-3H3,(H,24,25). The van der Waals surface area contributed by atoms with Crippen molar-refractivity contribution in [2.24, 2.45) is 0 Å². The lowest BCUT2D eigenvalue weighted by molar-refractivity contribution is -0.139. The Hall–Kier alpha value is -2.03. The van der Waals surface area contributed by atoms with Crippen LogP contribution in [0, 0.1) is 13.8 Å². The lowest BCUT2D eigenvalue weighted by atomic mass is 10.1. The Labute approximate surface area is 183 Å². The van der Waals surface area contributed by atoms with Gasteiger partial charge < -0.3 is 9.84 Å². The van der Waals surface area contributed by atoms with Crippen molar-refractivity contribution in [1.82, 2.24) is 4.72 Å². The van der Waals surface area contributed by atoms with Gasteiger partial charge >= 0.3 is 5.97 Å². The molecule has 0 bridgehead atoms. The number of nitrogens with one attached hydrogen (secondary N) is 1. The maximum absolute atomic E-state index is 12.9. The van der Waals surface area contributed by atoms with Crippen molar-refractivity contribution in [2.75, 3.05) is 18.9 Å². The van der Waals surface area contributed by atoms with E-state index in [1.165, 1.54) is 11.8 Å². The summed E-state index contributed by atoms with van der Waals surface area (Å²) < 4.78 is 33.7. The van der Waals surface area contributed by atoms with E-state index >= 15 is 0 Å². The third-order valence-electron chi connectivity index (χ3n) is 4.55. The Morgan fingerprint density at radius 1 is 1.17 bits per heavy atom. The number of carboxylic acid groups (broad SMARTS) is 1. The summed E-state index contributed by atoms with van der Waals surface area (Å²) in [6, 6.07) is 13.1. The summed E-state index contributed by atoms with van der Waals surface area (Å²) >= 11 is 1.53. The molecule has 0 amide bonds. The molecular formula is C22H29NO5S2. The molecule has 0 heterocycles. The first-order valence-electron chi connectivity index (χ1n) is 9.86. The number of thioether (sulfide) groups is 1. The molecule has 2 N–H and O–H groups in total. The molecule has 2 aromatic carbocycles. The zero-order valence-corrected chi connectivity index (χ0v) is 19.2. The van der Waals surface area contributed by atoms with Gasteiger partial charge in [-0.05, 0) is 49.6 Å². The molecule has 0 aliphatic carbocycles. The van der Waals surface area contributed by atoms with Crippen LogP contribution >= 0.6 is 11.8 Å². The van der Waals surface area contributed by atoms with Crippen molar-refractivity contribution in [1.29, 1.82) is 0 Å². The van der Waals surface area contributed by atoms with Crippen LogP contribution in [0.3, 0.4) is 0 Å². The van der Waals surface area contributed by atoms with Gasteiger partial charge in [-0.2, -0.15) is 0 Å². The van der Waals surface area contributed by atoms with Crippen LogP contribution in [-0.2, 0) is 14.8 Å². The number of sulfonamides is 1. The fraction of sp³-hybridized carbons (Fsp3) is 0.409. The maximum atomic E-state index is 12.9. The summed E-state index contributed by atoms with van der Waals surface area (Å²) in [6.45, 7) is 5.76. The van der Waals surface area contributed by atoms with E-state index in [0.717, 1.165) is 28.0 Å². The van der Waals surface area contributed by atoms with Crippen molar-refractivity contribution < 1.29 is 23.1 Å². The van der Waals surface area contributed by atoms with Crippen LogP contribution in [0.4, 0.5) is 0 Å². The molecule has 164 valence electrons. The van der Waals surface area contributed by atoms with Gasteiger partial charge in [0.15, 0.2) is 6.61 Å². The zero-order chi connectivity index (χ0) is 22.1. The van der Waals surface area contributed by atoms with E-state index in [0.29, 0.717) is 24.5 Å². The molecule has 1 unspecified atom stereocenters. The van der Waals surface area contributed by atoms with Gasteiger partial charge in [0.05, 0.1) is 0 Å². The maximum Gasteiger partial charge on any atom is 0.341 e. The summed E-state index contributed by atoms with van der Waals surface area (Å²) in [7, 11) is -3.47. The Kier molecular flexibility index (Phi) is 9.20. The van der Waals surface area contributed by atoms with Gasteiger partial charge in [-0.15, -0.1) is 11.8 Å². The highest BCUT2D eigenvalue weighted by Crippen LogP contribution is 2.28. The van der Waals surface area contributed by atoms with Gasteiger partial charge in [-0.1, -0.05) is 43.2 Å². The fourth-order valence-corrected chi connectivity index (χ4v) is 5.65. The lowest BCUT2D eigenvalue weighted by Gasteiger charge is -2.18. The minimum atomic E-state index is -3.47. The molecule has 0 aliphatic heterocycles. The van der Waals surface area contributed by atoms with Crippen molar-refractivity contribution in [3.8, 4) is 5.75 Å². The average Bonchev–Trinajstić information content (AvgIpc) is 2.69. The van der Waals surface area contributed by atoms with Gasteiger partial charge in [0.1, 0.15) is 11.0 Å². The van der Waals surface area contributed by atoms with Gasteiger partial charge in [0, 0.05) is 17.2 Å². The number of ether oxygens (including phenoxy) is 1. The normalized spacial score (nSPS) is 12.5. The van der Waals surface area contributed by atoms with Crippen molar-refractivity contribution in [3.63, 3.8) is 0 Å². The van der Waals surface area contributed by atoms with E-state index in [-0.39, 0.29) is 6.61 Å². The van der Waals surface area contributed by atoms with Crippen molar-refractivity contribution >= 4 is 27.8 Å². The van der Waals surface area contributed by atoms with Gasteiger partial charge in [0.2, 0.25) is 10.0 Å². The molecule has 0 aliphatic rings. The lowest BCUT2D eigenvalue weighted by Crippen LogP contribution is -2.31. The van der Waals surface area contributed by atoms with Crippen LogP contribution in [0.1, 0.15) is 41.7 Å². The highest BCUT2D eigenvalue weighted by Gasteiger charge is 2.25. The highest BCUT2D eigenvalue weighted by atomic mass is 32.2. The molecule has 0 saturated carbocycles. The van der Waals surface area contributed by atoms with Crippen LogP contribution in [0.15, 0.2) is 47.4 Å². The fourth-order valence-electron chi connectivity index (χ4n) is 3.01. The monoisotopic (exact) mass is 451 g/mol. The Balaban J connectivity index is 1.92. The first-order chi connectivity index (χ1) is 14.2. The second-order valence-corrected chi connectivity index (χ2v) is 10.2. The first-order valence-corrected chi connectivity index (χ1v) is 12.4. The molecule has 6 nitrogen and oxygen atoms in total. The minimum absolute atomic E-state index is 0.329. The number of carboxylic acids is 1. The molecule has 0 fully saturated rings. The quantitative estimate of drug-likeness (QED) is 0.369. The summed E-state index contributed by atoms with van der Waals surface area (Å²) in [6.07, 6.45) is 1.35.